The Labute approximate surface area is 120 Å². The lowest BCUT2D eigenvalue weighted by Crippen LogP contribution is -2.33. The van der Waals surface area contributed by atoms with E-state index < -0.39 is 0 Å². The highest BCUT2D eigenvalue weighted by atomic mass is 35.5. The van der Waals surface area contributed by atoms with Gasteiger partial charge < -0.3 is 15.4 Å². The number of aromatic amines is 1. The summed E-state index contributed by atoms with van der Waals surface area (Å²) >= 11 is 0. The van der Waals surface area contributed by atoms with Crippen molar-refractivity contribution in [2.45, 2.75) is 19.8 Å². The van der Waals surface area contributed by atoms with Crippen molar-refractivity contribution >= 4 is 18.3 Å². The third kappa shape index (κ3) is 6.56. The summed E-state index contributed by atoms with van der Waals surface area (Å²) in [5, 5.41) is 12.8. The van der Waals surface area contributed by atoms with Gasteiger partial charge in [0.2, 0.25) is 0 Å². The standard InChI is InChI=1S/C12H22N4O2.ClH/c1-9(2)10-8-11(16-15-10)12(17)14-5-4-13-6-7-18-3;/h8-9,13H,4-7H2,1-3H3,(H,14,17)(H,15,16);1H. The fourth-order valence-corrected chi connectivity index (χ4v) is 1.40. The van der Waals surface area contributed by atoms with E-state index in [0.717, 1.165) is 18.8 Å². The van der Waals surface area contributed by atoms with Crippen LogP contribution in [-0.4, -0.2) is 49.5 Å². The van der Waals surface area contributed by atoms with E-state index in [1.165, 1.54) is 0 Å². The van der Waals surface area contributed by atoms with Gasteiger partial charge in [0.25, 0.3) is 5.91 Å². The lowest BCUT2D eigenvalue weighted by atomic mass is 10.1. The average molecular weight is 291 g/mol. The van der Waals surface area contributed by atoms with E-state index in [2.05, 4.69) is 34.7 Å². The largest absolute Gasteiger partial charge is 0.383 e. The maximum atomic E-state index is 11.7. The number of ether oxygens (including phenoxy) is 1. The van der Waals surface area contributed by atoms with Crippen molar-refractivity contribution in [3.8, 4) is 0 Å². The fourth-order valence-electron chi connectivity index (χ4n) is 1.40. The summed E-state index contributed by atoms with van der Waals surface area (Å²) in [4.78, 5) is 11.7. The Hall–Kier alpha value is -1.11. The highest BCUT2D eigenvalue weighted by Gasteiger charge is 2.11. The zero-order chi connectivity index (χ0) is 13.4. The van der Waals surface area contributed by atoms with Crippen LogP contribution in [0.25, 0.3) is 0 Å². The van der Waals surface area contributed by atoms with E-state index in [1.807, 2.05) is 0 Å². The van der Waals surface area contributed by atoms with E-state index in [-0.39, 0.29) is 18.3 Å². The van der Waals surface area contributed by atoms with Gasteiger partial charge in [-0.05, 0) is 12.0 Å². The molecule has 0 unspecified atom stereocenters. The van der Waals surface area contributed by atoms with Crippen molar-refractivity contribution in [2.75, 3.05) is 33.4 Å². The number of carbonyl (C=O) groups excluding carboxylic acids is 1. The molecule has 19 heavy (non-hydrogen) atoms. The summed E-state index contributed by atoms with van der Waals surface area (Å²) in [7, 11) is 1.66. The van der Waals surface area contributed by atoms with Gasteiger partial charge in [0.1, 0.15) is 5.69 Å². The minimum atomic E-state index is -0.147. The minimum absolute atomic E-state index is 0. The first-order valence-electron chi connectivity index (χ1n) is 6.18. The number of aromatic nitrogens is 2. The average Bonchev–Trinajstić information content (AvgIpc) is 2.83. The van der Waals surface area contributed by atoms with Crippen LogP contribution in [0.4, 0.5) is 0 Å². The summed E-state index contributed by atoms with van der Waals surface area (Å²) in [5.41, 5.74) is 1.41. The van der Waals surface area contributed by atoms with Crippen molar-refractivity contribution in [2.24, 2.45) is 0 Å². The smallest absolute Gasteiger partial charge is 0.271 e. The van der Waals surface area contributed by atoms with Crippen LogP contribution in [0.3, 0.4) is 0 Å². The normalized spacial score (nSPS) is 10.3. The van der Waals surface area contributed by atoms with Crippen LogP contribution in [0, 0.1) is 0 Å². The van der Waals surface area contributed by atoms with Crippen molar-refractivity contribution in [3.05, 3.63) is 17.5 Å². The number of hydrogen-bond donors (Lipinski definition) is 3. The van der Waals surface area contributed by atoms with Crippen molar-refractivity contribution in [3.63, 3.8) is 0 Å². The molecule has 0 aliphatic carbocycles. The number of rotatable bonds is 8. The Morgan fingerprint density at radius 3 is 2.74 bits per heavy atom. The minimum Gasteiger partial charge on any atom is -0.383 e. The molecular formula is C12H23ClN4O2. The molecule has 6 nitrogen and oxygen atoms in total. The second kappa shape index (κ2) is 9.77. The Kier molecular flexibility index (Phi) is 9.20. The highest BCUT2D eigenvalue weighted by Crippen LogP contribution is 2.11. The molecule has 110 valence electrons. The number of carbonyl (C=O) groups is 1. The molecule has 0 fully saturated rings. The molecular weight excluding hydrogens is 268 g/mol. The first-order valence-corrected chi connectivity index (χ1v) is 6.18. The molecule has 0 spiro atoms. The number of H-pyrrole nitrogens is 1. The monoisotopic (exact) mass is 290 g/mol. The van der Waals surface area contributed by atoms with Gasteiger partial charge in [0.05, 0.1) is 6.61 Å². The SMILES string of the molecule is COCCNCCNC(=O)c1cc(C(C)C)[nH]n1.Cl. The molecule has 0 radical (unpaired) electrons. The number of amides is 1. The lowest BCUT2D eigenvalue weighted by molar-refractivity contribution is 0.0948. The van der Waals surface area contributed by atoms with Gasteiger partial charge in [-0.2, -0.15) is 5.10 Å². The molecule has 0 aliphatic rings. The van der Waals surface area contributed by atoms with Crippen LogP contribution in [0.5, 0.6) is 0 Å². The number of hydrogen-bond acceptors (Lipinski definition) is 4. The lowest BCUT2D eigenvalue weighted by Gasteiger charge is -2.04. The molecule has 0 aromatic carbocycles. The zero-order valence-electron chi connectivity index (χ0n) is 11.7. The van der Waals surface area contributed by atoms with Gasteiger partial charge >= 0.3 is 0 Å². The summed E-state index contributed by atoms with van der Waals surface area (Å²) in [6, 6.07) is 1.79. The van der Waals surface area contributed by atoms with Gasteiger partial charge in [-0.3, -0.25) is 9.89 Å². The van der Waals surface area contributed by atoms with E-state index in [4.69, 9.17) is 4.74 Å². The molecule has 1 aromatic rings. The van der Waals surface area contributed by atoms with Crippen LogP contribution in [-0.2, 0) is 4.74 Å². The molecule has 0 saturated carbocycles. The van der Waals surface area contributed by atoms with Gasteiger partial charge in [0.15, 0.2) is 0 Å². The molecule has 0 aliphatic heterocycles. The number of halogens is 1. The third-order valence-corrected chi connectivity index (χ3v) is 2.52. The second-order valence-electron chi connectivity index (χ2n) is 4.36. The quantitative estimate of drug-likeness (QED) is 0.622. The highest BCUT2D eigenvalue weighted by molar-refractivity contribution is 5.92. The van der Waals surface area contributed by atoms with E-state index in [0.29, 0.717) is 24.8 Å². The molecule has 0 bridgehead atoms. The first-order chi connectivity index (χ1) is 8.65. The molecule has 1 aromatic heterocycles. The zero-order valence-corrected chi connectivity index (χ0v) is 12.5. The van der Waals surface area contributed by atoms with E-state index >= 15 is 0 Å². The van der Waals surface area contributed by atoms with Gasteiger partial charge in [0, 0.05) is 32.4 Å². The van der Waals surface area contributed by atoms with Crippen LogP contribution in [0.15, 0.2) is 6.07 Å². The molecule has 3 N–H and O–H groups in total. The number of methoxy groups -OCH3 is 1. The van der Waals surface area contributed by atoms with Crippen molar-refractivity contribution < 1.29 is 9.53 Å². The summed E-state index contributed by atoms with van der Waals surface area (Å²) < 4.78 is 4.90. The molecule has 1 amide bonds. The molecule has 0 saturated heterocycles. The fraction of sp³-hybridized carbons (Fsp3) is 0.667. The topological polar surface area (TPSA) is 79.0 Å². The summed E-state index contributed by atoms with van der Waals surface area (Å²) in [5.74, 6) is 0.196. The summed E-state index contributed by atoms with van der Waals surface area (Å²) in [6.07, 6.45) is 0. The Morgan fingerprint density at radius 2 is 2.16 bits per heavy atom. The first kappa shape index (κ1) is 17.9. The maximum absolute atomic E-state index is 11.7. The van der Waals surface area contributed by atoms with Crippen LogP contribution < -0.4 is 10.6 Å². The Morgan fingerprint density at radius 1 is 1.42 bits per heavy atom. The van der Waals surface area contributed by atoms with Gasteiger partial charge in [-0.1, -0.05) is 13.8 Å². The van der Waals surface area contributed by atoms with E-state index in [1.54, 1.807) is 13.2 Å². The maximum Gasteiger partial charge on any atom is 0.271 e. The molecule has 1 rings (SSSR count). The van der Waals surface area contributed by atoms with Crippen LogP contribution in [0.1, 0.15) is 35.9 Å². The predicted octanol–water partition coefficient (Wildman–Crippen LogP) is 0.921. The predicted molar refractivity (Wildman–Crippen MR) is 77.0 cm³/mol. The van der Waals surface area contributed by atoms with Gasteiger partial charge in [-0.15, -0.1) is 12.4 Å². The number of nitrogens with one attached hydrogen (secondary N) is 3. The van der Waals surface area contributed by atoms with Crippen LogP contribution >= 0.6 is 12.4 Å². The molecule has 0 atom stereocenters. The molecule has 7 heteroatoms. The number of nitrogens with zero attached hydrogens (tertiary/aromatic N) is 1. The van der Waals surface area contributed by atoms with Gasteiger partial charge in [-0.25, -0.2) is 0 Å². The van der Waals surface area contributed by atoms with Crippen molar-refractivity contribution in [1.29, 1.82) is 0 Å². The van der Waals surface area contributed by atoms with E-state index in [9.17, 15) is 4.79 Å². The Bertz CT molecular complexity index is 368. The third-order valence-electron chi connectivity index (χ3n) is 2.52. The second-order valence-corrected chi connectivity index (χ2v) is 4.36. The van der Waals surface area contributed by atoms with Crippen molar-refractivity contribution in [1.82, 2.24) is 20.8 Å². The molecule has 1 heterocycles. The van der Waals surface area contributed by atoms with Crippen LogP contribution in [0.2, 0.25) is 0 Å². The summed E-state index contributed by atoms with van der Waals surface area (Å²) in [6.45, 7) is 6.85. The Balaban J connectivity index is 0.00000324.